The van der Waals surface area contributed by atoms with E-state index in [1.165, 1.54) is 25.0 Å². The molecule has 2 unspecified atom stereocenters. The number of benzene rings is 1. The number of guanidine groups is 1. The minimum atomic E-state index is -0.814. The van der Waals surface area contributed by atoms with Gasteiger partial charge in [0.05, 0.1) is 0 Å². The highest BCUT2D eigenvalue weighted by atomic mass is 127. The average molecular weight is 575 g/mol. The number of halogens is 3. The van der Waals surface area contributed by atoms with Crippen molar-refractivity contribution in [3.8, 4) is 0 Å². The molecule has 0 bridgehead atoms. The van der Waals surface area contributed by atoms with Gasteiger partial charge < -0.3 is 20.4 Å². The molecule has 1 amide bonds. The van der Waals surface area contributed by atoms with Crippen LogP contribution in [0.25, 0.3) is 0 Å². The first-order valence-corrected chi connectivity index (χ1v) is 12.1. The average Bonchev–Trinajstić information content (AvgIpc) is 3.55. The minimum Gasteiger partial charge on any atom is -0.371 e. The number of carbonyl (C=O) groups excluding carboxylic acids is 1. The van der Waals surface area contributed by atoms with Crippen molar-refractivity contribution in [1.29, 1.82) is 0 Å². The second-order valence-electron chi connectivity index (χ2n) is 9.31. The molecule has 1 aliphatic carbocycles. The molecule has 0 radical (unpaired) electrons. The standard InChI is InChI=1S/C24H35F2N5O.HI/c1-2-27-24(29-19-10-12-31(16-19)23(32)18-5-3-4-6-18)28-14-17-9-11-30(15-17)20-7-8-21(25)22(26)13-20;/h7-8,13,17-19H,2-6,9-12,14-16H2,1H3,(H2,27,28,29);1H. The van der Waals surface area contributed by atoms with Crippen LogP contribution in [0.15, 0.2) is 23.2 Å². The van der Waals surface area contributed by atoms with Gasteiger partial charge >= 0.3 is 0 Å². The van der Waals surface area contributed by atoms with Crippen LogP contribution in [0.4, 0.5) is 14.5 Å². The molecule has 1 saturated carbocycles. The fourth-order valence-electron chi connectivity index (χ4n) is 5.14. The number of carbonyl (C=O) groups is 1. The summed E-state index contributed by atoms with van der Waals surface area (Å²) >= 11 is 0. The number of hydrogen-bond acceptors (Lipinski definition) is 3. The largest absolute Gasteiger partial charge is 0.371 e. The maximum Gasteiger partial charge on any atom is 0.225 e. The van der Waals surface area contributed by atoms with E-state index in [9.17, 15) is 13.6 Å². The van der Waals surface area contributed by atoms with Crippen LogP contribution in [0.5, 0.6) is 0 Å². The second-order valence-corrected chi connectivity index (χ2v) is 9.31. The number of aliphatic imine (C=N–C) groups is 1. The first-order valence-electron chi connectivity index (χ1n) is 12.1. The molecular weight excluding hydrogens is 539 g/mol. The Kier molecular flexibility index (Phi) is 9.57. The highest BCUT2D eigenvalue weighted by Crippen LogP contribution is 2.28. The van der Waals surface area contributed by atoms with Gasteiger partial charge in [-0.15, -0.1) is 24.0 Å². The third kappa shape index (κ3) is 6.70. The SMILES string of the molecule is CCNC(=NCC1CCN(c2ccc(F)c(F)c2)C1)NC1CCN(C(=O)C2CCCC2)C1.I. The normalized spacial score (nSPS) is 23.7. The predicted octanol–water partition coefficient (Wildman–Crippen LogP) is 3.76. The van der Waals surface area contributed by atoms with Crippen LogP contribution in [-0.4, -0.2) is 62.1 Å². The van der Waals surface area contributed by atoms with Gasteiger partial charge in [0.2, 0.25) is 5.91 Å². The Morgan fingerprint density at radius 3 is 2.61 bits per heavy atom. The van der Waals surface area contributed by atoms with Crippen LogP contribution >= 0.6 is 24.0 Å². The second kappa shape index (κ2) is 12.2. The summed E-state index contributed by atoms with van der Waals surface area (Å²) in [5.41, 5.74) is 0.721. The van der Waals surface area contributed by atoms with Crippen LogP contribution in [0.2, 0.25) is 0 Å². The van der Waals surface area contributed by atoms with Crippen LogP contribution < -0.4 is 15.5 Å². The third-order valence-electron chi connectivity index (χ3n) is 6.95. The number of rotatable bonds is 6. The number of nitrogens with zero attached hydrogens (tertiary/aromatic N) is 3. The van der Waals surface area contributed by atoms with E-state index < -0.39 is 11.6 Å². The first-order chi connectivity index (χ1) is 15.5. The van der Waals surface area contributed by atoms with Crippen molar-refractivity contribution < 1.29 is 13.6 Å². The molecule has 1 aromatic carbocycles. The van der Waals surface area contributed by atoms with Gasteiger partial charge in [-0.25, -0.2) is 8.78 Å². The first kappa shape index (κ1) is 26.0. The lowest BCUT2D eigenvalue weighted by Crippen LogP contribution is -2.45. The quantitative estimate of drug-likeness (QED) is 0.308. The summed E-state index contributed by atoms with van der Waals surface area (Å²) in [6.07, 6.45) is 6.35. The van der Waals surface area contributed by atoms with E-state index in [0.717, 1.165) is 70.1 Å². The Morgan fingerprint density at radius 1 is 1.09 bits per heavy atom. The van der Waals surface area contributed by atoms with Crippen LogP contribution in [0.3, 0.4) is 0 Å². The molecule has 2 aliphatic heterocycles. The molecule has 4 rings (SSSR count). The summed E-state index contributed by atoms with van der Waals surface area (Å²) in [4.78, 5) is 21.6. The monoisotopic (exact) mass is 575 g/mol. The smallest absolute Gasteiger partial charge is 0.225 e. The molecule has 9 heteroatoms. The topological polar surface area (TPSA) is 60.0 Å². The summed E-state index contributed by atoms with van der Waals surface area (Å²) in [5, 5.41) is 6.83. The maximum absolute atomic E-state index is 13.6. The molecule has 2 saturated heterocycles. The minimum absolute atomic E-state index is 0. The molecule has 2 atom stereocenters. The summed E-state index contributed by atoms with van der Waals surface area (Å²) in [7, 11) is 0. The van der Waals surface area contributed by atoms with E-state index >= 15 is 0 Å². The van der Waals surface area contributed by atoms with Crippen molar-refractivity contribution in [3.63, 3.8) is 0 Å². The van der Waals surface area contributed by atoms with Crippen LogP contribution in [-0.2, 0) is 4.79 Å². The van der Waals surface area contributed by atoms with E-state index in [4.69, 9.17) is 4.99 Å². The van der Waals surface area contributed by atoms with Crippen molar-refractivity contribution in [2.45, 2.75) is 51.5 Å². The predicted molar refractivity (Wildman–Crippen MR) is 138 cm³/mol. The van der Waals surface area contributed by atoms with Crippen molar-refractivity contribution in [3.05, 3.63) is 29.8 Å². The van der Waals surface area contributed by atoms with E-state index in [1.54, 1.807) is 6.07 Å². The van der Waals surface area contributed by atoms with Gasteiger partial charge in [-0.3, -0.25) is 9.79 Å². The van der Waals surface area contributed by atoms with Gasteiger partial charge in [0.25, 0.3) is 0 Å². The number of nitrogens with one attached hydrogen (secondary N) is 2. The van der Waals surface area contributed by atoms with E-state index in [2.05, 4.69) is 15.5 Å². The Hall–Kier alpha value is -1.65. The molecule has 2 N–H and O–H groups in total. The van der Waals surface area contributed by atoms with E-state index in [-0.39, 0.29) is 35.9 Å². The maximum atomic E-state index is 13.6. The van der Waals surface area contributed by atoms with Gasteiger partial charge in [0.1, 0.15) is 0 Å². The molecule has 184 valence electrons. The van der Waals surface area contributed by atoms with Crippen molar-refractivity contribution in [2.75, 3.05) is 44.2 Å². The summed E-state index contributed by atoms with van der Waals surface area (Å²) in [6, 6.07) is 4.31. The van der Waals surface area contributed by atoms with Gasteiger partial charge in [-0.1, -0.05) is 12.8 Å². The highest BCUT2D eigenvalue weighted by Gasteiger charge is 2.32. The Bertz CT molecular complexity index is 833. The van der Waals surface area contributed by atoms with Gasteiger partial charge in [0, 0.05) is 63.0 Å². The summed E-state index contributed by atoms with van der Waals surface area (Å²) in [6.45, 7) is 6.65. The fraction of sp³-hybridized carbons (Fsp3) is 0.667. The molecule has 1 aromatic rings. The van der Waals surface area contributed by atoms with Gasteiger partial charge in [-0.2, -0.15) is 0 Å². The number of amides is 1. The van der Waals surface area contributed by atoms with Crippen LogP contribution in [0.1, 0.15) is 45.4 Å². The molecular formula is C24H36F2IN5O. The Morgan fingerprint density at radius 2 is 1.88 bits per heavy atom. The Labute approximate surface area is 212 Å². The fourth-order valence-corrected chi connectivity index (χ4v) is 5.14. The molecule has 0 spiro atoms. The molecule has 3 fully saturated rings. The lowest BCUT2D eigenvalue weighted by Gasteiger charge is -2.22. The zero-order valence-corrected chi connectivity index (χ0v) is 21.7. The third-order valence-corrected chi connectivity index (χ3v) is 6.95. The zero-order valence-electron chi connectivity index (χ0n) is 19.4. The molecule has 3 aliphatic rings. The van der Waals surface area contributed by atoms with Crippen molar-refractivity contribution >= 4 is 41.5 Å². The lowest BCUT2D eigenvalue weighted by atomic mass is 10.1. The number of hydrogen-bond donors (Lipinski definition) is 2. The van der Waals surface area contributed by atoms with Crippen LogP contribution in [0, 0.1) is 23.5 Å². The Balaban J connectivity index is 0.00000306. The molecule has 2 heterocycles. The number of anilines is 1. The molecule has 33 heavy (non-hydrogen) atoms. The van der Waals surface area contributed by atoms with E-state index in [0.29, 0.717) is 18.4 Å². The summed E-state index contributed by atoms with van der Waals surface area (Å²) < 4.78 is 26.8. The van der Waals surface area contributed by atoms with Gasteiger partial charge in [0.15, 0.2) is 17.6 Å². The lowest BCUT2D eigenvalue weighted by molar-refractivity contribution is -0.134. The summed E-state index contributed by atoms with van der Waals surface area (Å²) in [5.74, 6) is 0.0968. The van der Waals surface area contributed by atoms with Gasteiger partial charge in [-0.05, 0) is 50.7 Å². The molecule has 6 nitrogen and oxygen atoms in total. The number of likely N-dealkylation sites (tertiary alicyclic amines) is 1. The van der Waals surface area contributed by atoms with Crippen molar-refractivity contribution in [1.82, 2.24) is 15.5 Å². The van der Waals surface area contributed by atoms with E-state index in [1.807, 2.05) is 11.8 Å². The van der Waals surface area contributed by atoms with Crippen molar-refractivity contribution in [2.24, 2.45) is 16.8 Å². The zero-order chi connectivity index (χ0) is 22.5. The molecule has 0 aromatic heterocycles. The highest BCUT2D eigenvalue weighted by molar-refractivity contribution is 14.0.